The molecule has 3 aliphatic carbocycles. The Balaban J connectivity index is 1.21. The SMILES string of the molecule is CC(C)(C)c1cc2c3c(c1)N1C4=C(CCC=C4)C4CC=CC(B3C3=CC(C(C)(C)c5ccccc5)CC=C3N2c2ccc(C(C)(C)c3ccccc3)cc2)C41. The monoisotopic (exact) mass is 718 g/mol. The second-order valence-corrected chi connectivity index (χ2v) is 19.2. The molecule has 4 atom stereocenters. The Labute approximate surface area is 330 Å². The fourth-order valence-corrected chi connectivity index (χ4v) is 11.2. The molecular weight excluding hydrogens is 663 g/mol. The van der Waals surface area contributed by atoms with Crippen LogP contribution < -0.4 is 15.3 Å². The number of hydrogen-bond acceptors (Lipinski definition) is 2. The molecule has 4 aromatic rings. The first kappa shape index (κ1) is 34.7. The van der Waals surface area contributed by atoms with E-state index in [-0.39, 0.29) is 16.2 Å². The van der Waals surface area contributed by atoms with Crippen LogP contribution in [0.3, 0.4) is 0 Å². The van der Waals surface area contributed by atoms with Crippen LogP contribution in [0.4, 0.5) is 17.1 Å². The largest absolute Gasteiger partial charge is 0.338 e. The van der Waals surface area contributed by atoms with Gasteiger partial charge < -0.3 is 9.80 Å². The number of nitrogens with zero attached hydrogens (tertiary/aromatic N) is 2. The smallest absolute Gasteiger partial charge is 0.226 e. The molecule has 4 aromatic carbocycles. The van der Waals surface area contributed by atoms with Gasteiger partial charge in [-0.05, 0) is 112 Å². The highest BCUT2D eigenvalue weighted by Crippen LogP contribution is 2.58. The van der Waals surface area contributed by atoms with E-state index in [1.807, 2.05) is 0 Å². The summed E-state index contributed by atoms with van der Waals surface area (Å²) in [5.74, 6) is 1.38. The van der Waals surface area contributed by atoms with Gasteiger partial charge in [-0.2, -0.15) is 0 Å². The van der Waals surface area contributed by atoms with Crippen LogP contribution in [0, 0.1) is 11.8 Å². The van der Waals surface area contributed by atoms with Crippen molar-refractivity contribution in [2.75, 3.05) is 9.80 Å². The van der Waals surface area contributed by atoms with Gasteiger partial charge >= 0.3 is 0 Å². The molecule has 0 saturated carbocycles. The third-order valence-electron chi connectivity index (χ3n) is 14.5. The number of anilines is 3. The second-order valence-electron chi connectivity index (χ2n) is 19.2. The minimum absolute atomic E-state index is 0.000183. The number of allylic oxidation sites excluding steroid dienone is 6. The summed E-state index contributed by atoms with van der Waals surface area (Å²) in [6, 6.07) is 37.4. The normalized spacial score (nSPS) is 23.9. The van der Waals surface area contributed by atoms with Crippen molar-refractivity contribution in [3.63, 3.8) is 0 Å². The summed E-state index contributed by atoms with van der Waals surface area (Å²) >= 11 is 0. The maximum absolute atomic E-state index is 2.83. The highest BCUT2D eigenvalue weighted by Gasteiger charge is 2.57. The highest BCUT2D eigenvalue weighted by atomic mass is 15.2. The Morgan fingerprint density at radius 3 is 2.07 bits per heavy atom. The van der Waals surface area contributed by atoms with E-state index in [0.29, 0.717) is 30.4 Å². The van der Waals surface area contributed by atoms with Crippen molar-refractivity contribution in [2.24, 2.45) is 11.8 Å². The Kier molecular flexibility index (Phi) is 7.81. The first-order valence-electron chi connectivity index (χ1n) is 20.9. The molecule has 0 bridgehead atoms. The lowest BCUT2D eigenvalue weighted by Crippen LogP contribution is -2.60. The molecule has 55 heavy (non-hydrogen) atoms. The summed E-state index contributed by atoms with van der Waals surface area (Å²) < 4.78 is 0. The quantitative estimate of drug-likeness (QED) is 0.150. The van der Waals surface area contributed by atoms with Crippen molar-refractivity contribution in [1.82, 2.24) is 0 Å². The molecule has 10 rings (SSSR count). The maximum atomic E-state index is 2.83. The summed E-state index contributed by atoms with van der Waals surface area (Å²) in [5, 5.41) is 0. The molecule has 0 N–H and O–H groups in total. The number of benzene rings is 4. The van der Waals surface area contributed by atoms with Crippen LogP contribution in [0.15, 0.2) is 156 Å². The molecule has 0 aromatic heterocycles. The van der Waals surface area contributed by atoms with E-state index >= 15 is 0 Å². The molecule has 2 nitrogen and oxygen atoms in total. The third-order valence-corrected chi connectivity index (χ3v) is 14.5. The van der Waals surface area contributed by atoms with Crippen molar-refractivity contribution < 1.29 is 0 Å². The summed E-state index contributed by atoms with van der Waals surface area (Å²) in [7, 11) is 0. The average Bonchev–Trinajstić information content (AvgIpc) is 3.54. The fourth-order valence-electron chi connectivity index (χ4n) is 11.2. The minimum Gasteiger partial charge on any atom is -0.338 e. The predicted octanol–water partition coefficient (Wildman–Crippen LogP) is 12.3. The number of rotatable bonds is 5. The van der Waals surface area contributed by atoms with Gasteiger partial charge in [-0.15, -0.1) is 0 Å². The second kappa shape index (κ2) is 12.4. The maximum Gasteiger partial charge on any atom is 0.226 e. The van der Waals surface area contributed by atoms with Gasteiger partial charge in [0.25, 0.3) is 0 Å². The molecule has 3 heterocycles. The van der Waals surface area contributed by atoms with Crippen LogP contribution >= 0.6 is 0 Å². The summed E-state index contributed by atoms with van der Waals surface area (Å²) in [6.07, 6.45) is 20.0. The van der Waals surface area contributed by atoms with Crippen molar-refractivity contribution in [2.45, 2.75) is 102 Å². The van der Waals surface area contributed by atoms with Gasteiger partial charge in [0.2, 0.25) is 6.71 Å². The molecule has 0 saturated heterocycles. The Bertz CT molecular complexity index is 2330. The van der Waals surface area contributed by atoms with Crippen molar-refractivity contribution in [3.05, 3.63) is 178 Å². The van der Waals surface area contributed by atoms with E-state index in [4.69, 9.17) is 0 Å². The molecule has 0 radical (unpaired) electrons. The van der Waals surface area contributed by atoms with Gasteiger partial charge in [0.1, 0.15) is 0 Å². The lowest BCUT2D eigenvalue weighted by Gasteiger charge is -2.53. The zero-order valence-electron chi connectivity index (χ0n) is 33.8. The first-order valence-corrected chi connectivity index (χ1v) is 20.9. The van der Waals surface area contributed by atoms with Gasteiger partial charge in [-0.3, -0.25) is 0 Å². The highest BCUT2D eigenvalue weighted by molar-refractivity contribution is 6.86. The standard InChI is InChI=1S/C52H55BN2/c1-50(2,3)38-32-46-48-47(33-38)55-44-24-15-14-21-40(44)41-22-16-23-42(49(41)55)53(48)43-31-37(52(6,7)35-19-12-9-13-20-35)27-30-45(43)54(46)39-28-25-36(26-29-39)51(4,5)34-17-10-8-11-18-34/h8-13,15-20,23-26,28-33,37,41-42,49H,14,21-22,27H2,1-7H3. The van der Waals surface area contributed by atoms with Gasteiger partial charge in [0.05, 0.1) is 0 Å². The van der Waals surface area contributed by atoms with Crippen molar-refractivity contribution in [3.8, 4) is 0 Å². The van der Waals surface area contributed by atoms with E-state index < -0.39 is 0 Å². The third kappa shape index (κ3) is 5.21. The van der Waals surface area contributed by atoms with Crippen LogP contribution in [0.5, 0.6) is 0 Å². The van der Waals surface area contributed by atoms with Gasteiger partial charge in [-0.1, -0.05) is 157 Å². The molecule has 0 spiro atoms. The Morgan fingerprint density at radius 2 is 1.36 bits per heavy atom. The van der Waals surface area contributed by atoms with Crippen LogP contribution in [-0.2, 0) is 16.2 Å². The number of fused-ring (bicyclic) bond motifs is 6. The van der Waals surface area contributed by atoms with Gasteiger partial charge in [-0.25, -0.2) is 0 Å². The minimum atomic E-state index is -0.100. The summed E-state index contributed by atoms with van der Waals surface area (Å²) in [5.41, 5.74) is 17.1. The molecule has 3 aliphatic heterocycles. The Morgan fingerprint density at radius 1 is 0.691 bits per heavy atom. The zero-order valence-corrected chi connectivity index (χ0v) is 33.8. The molecule has 0 fully saturated rings. The lowest BCUT2D eigenvalue weighted by atomic mass is 9.27. The van der Waals surface area contributed by atoms with E-state index in [0.717, 1.165) is 19.3 Å². The molecule has 3 heteroatoms. The topological polar surface area (TPSA) is 6.48 Å². The van der Waals surface area contributed by atoms with Crippen LogP contribution in [0.1, 0.15) is 96.4 Å². The van der Waals surface area contributed by atoms with Crippen molar-refractivity contribution >= 4 is 29.2 Å². The summed E-state index contributed by atoms with van der Waals surface area (Å²) in [4.78, 5) is 5.50. The molecule has 276 valence electrons. The van der Waals surface area contributed by atoms with Crippen LogP contribution in [-0.4, -0.2) is 12.8 Å². The first-order chi connectivity index (χ1) is 26.4. The molecule has 4 unspecified atom stereocenters. The lowest BCUT2D eigenvalue weighted by molar-refractivity contribution is 0.380. The zero-order chi connectivity index (χ0) is 37.9. The summed E-state index contributed by atoms with van der Waals surface area (Å²) in [6.45, 7) is 17.1. The van der Waals surface area contributed by atoms with Crippen molar-refractivity contribution in [1.29, 1.82) is 0 Å². The average molecular weight is 719 g/mol. The number of hydrogen-bond donors (Lipinski definition) is 0. The van der Waals surface area contributed by atoms with E-state index in [9.17, 15) is 0 Å². The van der Waals surface area contributed by atoms with Gasteiger partial charge in [0.15, 0.2) is 0 Å². The Hall–Kier alpha value is -4.76. The van der Waals surface area contributed by atoms with Gasteiger partial charge in [0, 0.05) is 45.8 Å². The van der Waals surface area contributed by atoms with E-state index in [1.54, 1.807) is 5.57 Å². The fraction of sp³-hybridized carbons (Fsp3) is 0.346. The molecule has 0 amide bonds. The van der Waals surface area contributed by atoms with E-state index in [1.165, 1.54) is 68.1 Å². The molecule has 6 aliphatic rings. The van der Waals surface area contributed by atoms with Crippen LogP contribution in [0.2, 0.25) is 5.82 Å². The molecular formula is C52H55BN2. The predicted molar refractivity (Wildman–Crippen MR) is 234 cm³/mol. The van der Waals surface area contributed by atoms with E-state index in [2.05, 4.69) is 192 Å². The van der Waals surface area contributed by atoms with Crippen LogP contribution in [0.25, 0.3) is 0 Å².